The molecule has 0 radical (unpaired) electrons. The van der Waals surface area contributed by atoms with E-state index in [1.54, 1.807) is 0 Å². The zero-order valence-electron chi connectivity index (χ0n) is 15.6. The van der Waals surface area contributed by atoms with Crippen molar-refractivity contribution in [1.82, 2.24) is 4.90 Å². The van der Waals surface area contributed by atoms with Crippen LogP contribution in [0.5, 0.6) is 0 Å². The summed E-state index contributed by atoms with van der Waals surface area (Å²) in [5.74, 6) is 0.286. The summed E-state index contributed by atoms with van der Waals surface area (Å²) < 4.78 is 5.56. The Labute approximate surface area is 150 Å². The molecule has 0 saturated carbocycles. The van der Waals surface area contributed by atoms with Crippen LogP contribution in [-0.2, 0) is 11.2 Å². The van der Waals surface area contributed by atoms with Gasteiger partial charge >= 0.3 is 6.09 Å². The minimum Gasteiger partial charge on any atom is -0.444 e. The maximum Gasteiger partial charge on any atom is 0.410 e. The Hall–Kier alpha value is -2.29. The fourth-order valence-electron chi connectivity index (χ4n) is 3.36. The van der Waals surface area contributed by atoms with Crippen molar-refractivity contribution >= 4 is 6.09 Å². The molecule has 1 unspecified atom stereocenters. The Morgan fingerprint density at radius 2 is 1.80 bits per heavy atom. The molecule has 3 heteroatoms. The van der Waals surface area contributed by atoms with E-state index in [1.807, 2.05) is 31.7 Å². The molecule has 0 aliphatic carbocycles. The highest BCUT2D eigenvalue weighted by Gasteiger charge is 2.27. The van der Waals surface area contributed by atoms with Gasteiger partial charge in [0.15, 0.2) is 0 Å². The molecule has 1 aliphatic heterocycles. The van der Waals surface area contributed by atoms with Gasteiger partial charge in [-0.1, -0.05) is 55.5 Å². The highest BCUT2D eigenvalue weighted by Crippen LogP contribution is 2.30. The van der Waals surface area contributed by atoms with E-state index in [4.69, 9.17) is 4.74 Å². The first-order valence-corrected chi connectivity index (χ1v) is 8.99. The van der Waals surface area contributed by atoms with E-state index in [1.165, 1.54) is 22.3 Å². The number of nitrogens with zero attached hydrogens (tertiary/aromatic N) is 1. The van der Waals surface area contributed by atoms with E-state index in [2.05, 4.69) is 49.4 Å². The number of hydrogen-bond acceptors (Lipinski definition) is 2. The van der Waals surface area contributed by atoms with Gasteiger partial charge in [-0.3, -0.25) is 0 Å². The Morgan fingerprint density at radius 1 is 1.08 bits per heavy atom. The Kier molecular flexibility index (Phi) is 4.85. The third-order valence-electron chi connectivity index (χ3n) is 4.58. The van der Waals surface area contributed by atoms with E-state index in [-0.39, 0.29) is 12.0 Å². The van der Waals surface area contributed by atoms with Crippen LogP contribution in [-0.4, -0.2) is 29.7 Å². The van der Waals surface area contributed by atoms with Crippen LogP contribution >= 0.6 is 0 Å². The lowest BCUT2D eigenvalue weighted by atomic mass is 9.91. The second-order valence-corrected chi connectivity index (χ2v) is 7.86. The molecule has 0 aromatic heterocycles. The first-order chi connectivity index (χ1) is 11.8. The van der Waals surface area contributed by atoms with Gasteiger partial charge in [-0.05, 0) is 55.4 Å². The predicted molar refractivity (Wildman–Crippen MR) is 102 cm³/mol. The normalized spacial score (nSPS) is 17.6. The molecule has 0 spiro atoms. The average molecular weight is 337 g/mol. The molecule has 0 N–H and O–H groups in total. The minimum atomic E-state index is -0.458. The van der Waals surface area contributed by atoms with Crippen molar-refractivity contribution in [3.05, 3.63) is 59.7 Å². The van der Waals surface area contributed by atoms with E-state index >= 15 is 0 Å². The van der Waals surface area contributed by atoms with Gasteiger partial charge in [0, 0.05) is 13.1 Å². The summed E-state index contributed by atoms with van der Waals surface area (Å²) in [5.41, 5.74) is 4.67. The van der Waals surface area contributed by atoms with Gasteiger partial charge in [0.2, 0.25) is 0 Å². The maximum atomic E-state index is 12.5. The molecule has 1 aliphatic rings. The lowest BCUT2D eigenvalue weighted by molar-refractivity contribution is 0.0248. The number of rotatable bonds is 1. The van der Waals surface area contributed by atoms with Gasteiger partial charge in [0.1, 0.15) is 5.60 Å². The first kappa shape index (κ1) is 17.5. The van der Waals surface area contributed by atoms with Crippen LogP contribution < -0.4 is 0 Å². The SMILES string of the molecule is CC1CN(C(=O)OC(C)(C)C)CCc2ccc(-c3ccccc3)cc21. The summed E-state index contributed by atoms with van der Waals surface area (Å²) in [7, 11) is 0. The van der Waals surface area contributed by atoms with E-state index < -0.39 is 5.60 Å². The third-order valence-corrected chi connectivity index (χ3v) is 4.58. The summed E-state index contributed by atoms with van der Waals surface area (Å²) in [6, 6.07) is 17.1. The van der Waals surface area contributed by atoms with Crippen LogP contribution in [0.1, 0.15) is 44.7 Å². The molecule has 25 heavy (non-hydrogen) atoms. The van der Waals surface area contributed by atoms with Gasteiger partial charge in [-0.25, -0.2) is 4.79 Å². The maximum absolute atomic E-state index is 12.5. The predicted octanol–water partition coefficient (Wildman–Crippen LogP) is 5.25. The Morgan fingerprint density at radius 3 is 2.48 bits per heavy atom. The fourth-order valence-corrected chi connectivity index (χ4v) is 3.36. The highest BCUT2D eigenvalue weighted by molar-refractivity contribution is 5.69. The standard InChI is InChI=1S/C22H27NO2/c1-16-15-23(21(24)25-22(2,3)4)13-12-18-10-11-19(14-20(16)18)17-8-6-5-7-9-17/h5-11,14,16H,12-13,15H2,1-4H3. The monoisotopic (exact) mass is 337 g/mol. The van der Waals surface area contributed by atoms with Gasteiger partial charge in [0.05, 0.1) is 0 Å². The van der Waals surface area contributed by atoms with Crippen LogP contribution in [0.3, 0.4) is 0 Å². The number of carbonyl (C=O) groups is 1. The van der Waals surface area contributed by atoms with E-state index in [9.17, 15) is 4.79 Å². The van der Waals surface area contributed by atoms with E-state index in [0.29, 0.717) is 13.1 Å². The Bertz CT molecular complexity index is 746. The zero-order valence-corrected chi connectivity index (χ0v) is 15.6. The van der Waals surface area contributed by atoms with Crippen LogP contribution in [0.25, 0.3) is 11.1 Å². The van der Waals surface area contributed by atoms with Crippen molar-refractivity contribution in [2.75, 3.05) is 13.1 Å². The summed E-state index contributed by atoms with van der Waals surface area (Å²) in [6.07, 6.45) is 0.656. The van der Waals surface area contributed by atoms with Crippen molar-refractivity contribution in [2.24, 2.45) is 0 Å². The van der Waals surface area contributed by atoms with Crippen molar-refractivity contribution in [1.29, 1.82) is 0 Å². The molecule has 2 aromatic rings. The summed E-state index contributed by atoms with van der Waals surface area (Å²) in [4.78, 5) is 14.3. The van der Waals surface area contributed by atoms with Crippen molar-refractivity contribution in [3.63, 3.8) is 0 Å². The van der Waals surface area contributed by atoms with E-state index in [0.717, 1.165) is 6.42 Å². The average Bonchev–Trinajstić information content (AvgIpc) is 2.73. The Balaban J connectivity index is 1.83. The van der Waals surface area contributed by atoms with Crippen LogP contribution in [0.2, 0.25) is 0 Å². The van der Waals surface area contributed by atoms with Gasteiger partial charge < -0.3 is 9.64 Å². The molecule has 132 valence electrons. The molecule has 3 nitrogen and oxygen atoms in total. The number of benzene rings is 2. The second kappa shape index (κ2) is 6.91. The minimum absolute atomic E-state index is 0.213. The van der Waals surface area contributed by atoms with Crippen molar-refractivity contribution in [3.8, 4) is 11.1 Å². The summed E-state index contributed by atoms with van der Waals surface area (Å²) >= 11 is 0. The summed E-state index contributed by atoms with van der Waals surface area (Å²) in [5, 5.41) is 0. The summed E-state index contributed by atoms with van der Waals surface area (Å²) in [6.45, 7) is 9.32. The topological polar surface area (TPSA) is 29.5 Å². The second-order valence-electron chi connectivity index (χ2n) is 7.86. The lowest BCUT2D eigenvalue weighted by Crippen LogP contribution is -2.38. The molecule has 0 fully saturated rings. The smallest absolute Gasteiger partial charge is 0.410 e. The number of ether oxygens (including phenoxy) is 1. The molecular weight excluding hydrogens is 310 g/mol. The number of carbonyl (C=O) groups excluding carboxylic acids is 1. The molecular formula is C22H27NO2. The fraction of sp³-hybridized carbons (Fsp3) is 0.409. The molecule has 0 saturated heterocycles. The molecule has 2 aromatic carbocycles. The molecule has 1 atom stereocenters. The zero-order chi connectivity index (χ0) is 18.0. The largest absolute Gasteiger partial charge is 0.444 e. The van der Waals surface area contributed by atoms with Crippen molar-refractivity contribution < 1.29 is 9.53 Å². The van der Waals surface area contributed by atoms with Crippen LogP contribution in [0.15, 0.2) is 48.5 Å². The molecule has 1 amide bonds. The molecule has 3 rings (SSSR count). The molecule has 0 bridgehead atoms. The van der Waals surface area contributed by atoms with Crippen LogP contribution in [0.4, 0.5) is 4.79 Å². The number of amides is 1. The lowest BCUT2D eigenvalue weighted by Gasteiger charge is -2.27. The van der Waals surface area contributed by atoms with Gasteiger partial charge in [-0.15, -0.1) is 0 Å². The molecule has 1 heterocycles. The number of hydrogen-bond donors (Lipinski definition) is 0. The van der Waals surface area contributed by atoms with Gasteiger partial charge in [0.25, 0.3) is 0 Å². The first-order valence-electron chi connectivity index (χ1n) is 8.99. The quantitative estimate of drug-likeness (QED) is 0.711. The van der Waals surface area contributed by atoms with Crippen molar-refractivity contribution in [2.45, 2.75) is 45.6 Å². The number of fused-ring (bicyclic) bond motifs is 1. The highest BCUT2D eigenvalue weighted by atomic mass is 16.6. The van der Waals surface area contributed by atoms with Gasteiger partial charge in [-0.2, -0.15) is 0 Å². The van der Waals surface area contributed by atoms with Crippen LogP contribution in [0, 0.1) is 0 Å². The third kappa shape index (κ3) is 4.22.